The minimum Gasteiger partial charge on any atom is -0.317 e. The molecule has 0 spiro atoms. The molecule has 0 aliphatic carbocycles. The summed E-state index contributed by atoms with van der Waals surface area (Å²) in [4.78, 5) is 1.86. The summed E-state index contributed by atoms with van der Waals surface area (Å²) >= 11 is 5.78. The van der Waals surface area contributed by atoms with Gasteiger partial charge in [-0.15, -0.1) is 17.2 Å². The standard InChI is InChI=1S/C8H11ClN4O4S2.ClH/c9-5-1-2-7-6(3-5)8(18(11,14)15)13(4-10)12-19(7,16)17;/h1-3,8,12H,4,10H2,(H2,11,14,15);1H. The minimum atomic E-state index is -4.11. The van der Waals surface area contributed by atoms with E-state index in [0.717, 1.165) is 5.01 Å². The van der Waals surface area contributed by atoms with Gasteiger partial charge in [0, 0.05) is 10.6 Å². The van der Waals surface area contributed by atoms with Gasteiger partial charge in [-0.1, -0.05) is 11.6 Å². The maximum atomic E-state index is 11.9. The Morgan fingerprint density at radius 1 is 1.40 bits per heavy atom. The van der Waals surface area contributed by atoms with E-state index in [-0.39, 0.29) is 34.6 Å². The van der Waals surface area contributed by atoms with Crippen LogP contribution in [0.2, 0.25) is 5.02 Å². The van der Waals surface area contributed by atoms with Gasteiger partial charge >= 0.3 is 0 Å². The molecule has 0 amide bonds. The Morgan fingerprint density at radius 2 is 2.00 bits per heavy atom. The molecule has 1 aliphatic heterocycles. The van der Waals surface area contributed by atoms with Gasteiger partial charge in [-0.2, -0.15) is 5.01 Å². The monoisotopic (exact) mass is 362 g/mol. The summed E-state index contributed by atoms with van der Waals surface area (Å²) in [5, 5.41) is 4.72. The molecule has 0 saturated carbocycles. The second kappa shape index (κ2) is 5.73. The Morgan fingerprint density at radius 3 is 2.50 bits per heavy atom. The number of hydrazine groups is 1. The highest BCUT2D eigenvalue weighted by molar-refractivity contribution is 7.91. The van der Waals surface area contributed by atoms with Crippen LogP contribution in [0.15, 0.2) is 23.1 Å². The minimum absolute atomic E-state index is 0. The number of benzene rings is 1. The molecule has 0 radical (unpaired) electrons. The van der Waals surface area contributed by atoms with Gasteiger partial charge in [0.1, 0.15) is 0 Å². The predicted octanol–water partition coefficient (Wildman–Crippen LogP) is -0.526. The summed E-state index contributed by atoms with van der Waals surface area (Å²) in [6.07, 6.45) is 0. The summed E-state index contributed by atoms with van der Waals surface area (Å²) < 4.78 is 47.2. The quantitative estimate of drug-likeness (QED) is 0.647. The summed E-state index contributed by atoms with van der Waals surface area (Å²) in [5.74, 6) is 0. The van der Waals surface area contributed by atoms with Gasteiger partial charge in [0.2, 0.25) is 10.0 Å². The Bertz CT molecular complexity index is 722. The van der Waals surface area contributed by atoms with Crippen LogP contribution in [0.5, 0.6) is 0 Å². The number of hydrogen-bond acceptors (Lipinski definition) is 6. The molecule has 0 fully saturated rings. The number of nitrogens with one attached hydrogen (secondary N) is 1. The van der Waals surface area contributed by atoms with E-state index in [1.54, 1.807) is 0 Å². The van der Waals surface area contributed by atoms with Crippen LogP contribution in [-0.4, -0.2) is 28.5 Å². The highest BCUT2D eigenvalue weighted by atomic mass is 35.5. The highest BCUT2D eigenvalue weighted by Gasteiger charge is 2.41. The summed E-state index contributed by atoms with van der Waals surface area (Å²) in [6.45, 7) is -0.369. The van der Waals surface area contributed by atoms with E-state index in [1.807, 2.05) is 0 Å². The molecule has 2 rings (SSSR count). The fourth-order valence-electron chi connectivity index (χ4n) is 1.86. The van der Waals surface area contributed by atoms with Gasteiger partial charge in [0.25, 0.3) is 10.0 Å². The summed E-state index contributed by atoms with van der Waals surface area (Å²) in [6, 6.07) is 3.80. The van der Waals surface area contributed by atoms with Gasteiger partial charge < -0.3 is 5.73 Å². The van der Waals surface area contributed by atoms with Crippen molar-refractivity contribution in [2.45, 2.75) is 10.3 Å². The van der Waals surface area contributed by atoms with Crippen LogP contribution in [-0.2, 0) is 20.0 Å². The second-order valence-electron chi connectivity index (χ2n) is 3.87. The van der Waals surface area contributed by atoms with Crippen molar-refractivity contribution in [3.05, 3.63) is 28.8 Å². The maximum absolute atomic E-state index is 11.9. The number of hydrogen-bond donors (Lipinski definition) is 3. The Balaban J connectivity index is 0.00000200. The van der Waals surface area contributed by atoms with Gasteiger partial charge in [0.15, 0.2) is 5.37 Å². The van der Waals surface area contributed by atoms with Crippen LogP contribution in [0, 0.1) is 0 Å². The van der Waals surface area contributed by atoms with Gasteiger partial charge in [-0.05, 0) is 18.2 Å². The SMILES string of the molecule is Cl.NCN1NS(=O)(=O)c2ccc(Cl)cc2C1S(N)(=O)=O. The third-order valence-electron chi connectivity index (χ3n) is 2.56. The van der Waals surface area contributed by atoms with Gasteiger partial charge in [-0.25, -0.2) is 22.0 Å². The topological polar surface area (TPSA) is 136 Å². The van der Waals surface area contributed by atoms with Gasteiger partial charge in [0.05, 0.1) is 11.6 Å². The lowest BCUT2D eigenvalue weighted by molar-refractivity contribution is 0.212. The molecule has 8 nitrogen and oxygen atoms in total. The Hall–Kier alpha value is -0.460. The number of primary sulfonamides is 1. The third-order valence-corrected chi connectivity index (χ3v) is 5.35. The van der Waals surface area contributed by atoms with E-state index < -0.39 is 25.4 Å². The first kappa shape index (κ1) is 17.6. The average Bonchev–Trinajstić information content (AvgIpc) is 2.25. The van der Waals surface area contributed by atoms with Crippen molar-refractivity contribution in [1.29, 1.82) is 0 Å². The van der Waals surface area contributed by atoms with Crippen molar-refractivity contribution in [3.8, 4) is 0 Å². The number of nitrogens with zero attached hydrogens (tertiary/aromatic N) is 1. The number of sulfonamides is 2. The van der Waals surface area contributed by atoms with Crippen molar-refractivity contribution in [1.82, 2.24) is 9.84 Å². The molecule has 0 bridgehead atoms. The van der Waals surface area contributed by atoms with Crippen LogP contribution in [0.25, 0.3) is 0 Å². The molecular formula is C8H12Cl2N4O4S2. The molecule has 20 heavy (non-hydrogen) atoms. The number of fused-ring (bicyclic) bond motifs is 1. The average molecular weight is 363 g/mol. The maximum Gasteiger partial charge on any atom is 0.253 e. The number of nitrogens with two attached hydrogens (primary N) is 2. The lowest BCUT2D eigenvalue weighted by atomic mass is 10.2. The van der Waals surface area contributed by atoms with Crippen molar-refractivity contribution < 1.29 is 16.8 Å². The Labute approximate surface area is 127 Å². The molecule has 1 aliphatic rings. The molecule has 1 heterocycles. The first-order chi connectivity index (χ1) is 8.66. The van der Waals surface area contributed by atoms with E-state index in [4.69, 9.17) is 22.5 Å². The lowest BCUT2D eigenvalue weighted by Gasteiger charge is -2.34. The van der Waals surface area contributed by atoms with E-state index in [0.29, 0.717) is 0 Å². The third kappa shape index (κ3) is 3.07. The largest absolute Gasteiger partial charge is 0.317 e. The van der Waals surface area contributed by atoms with Crippen molar-refractivity contribution in [2.75, 3.05) is 6.67 Å². The van der Waals surface area contributed by atoms with Gasteiger partial charge in [-0.3, -0.25) is 0 Å². The Kier molecular flexibility index (Phi) is 5.04. The summed E-state index contributed by atoms with van der Waals surface area (Å²) in [5.41, 5.74) is 5.32. The molecule has 0 saturated heterocycles. The smallest absolute Gasteiger partial charge is 0.253 e. The molecule has 0 aromatic heterocycles. The van der Waals surface area contributed by atoms with Crippen LogP contribution in [0.4, 0.5) is 0 Å². The molecule has 5 N–H and O–H groups in total. The van der Waals surface area contributed by atoms with Crippen LogP contribution in [0.3, 0.4) is 0 Å². The summed E-state index contributed by atoms with van der Waals surface area (Å²) in [7, 11) is -8.00. The first-order valence-corrected chi connectivity index (χ1v) is 8.44. The highest BCUT2D eigenvalue weighted by Crippen LogP contribution is 2.35. The lowest BCUT2D eigenvalue weighted by Crippen LogP contribution is -2.54. The molecule has 114 valence electrons. The van der Waals surface area contributed by atoms with Crippen molar-refractivity contribution >= 4 is 44.1 Å². The zero-order chi connectivity index (χ0) is 14.4. The fourth-order valence-corrected chi connectivity index (χ4v) is 4.54. The van der Waals surface area contributed by atoms with Crippen LogP contribution >= 0.6 is 24.0 Å². The number of halogens is 2. The van der Waals surface area contributed by atoms with E-state index in [2.05, 4.69) is 4.83 Å². The second-order valence-corrected chi connectivity index (χ2v) is 7.56. The normalized spacial score (nSPS) is 21.9. The number of rotatable bonds is 2. The molecule has 1 aromatic rings. The molecule has 1 atom stereocenters. The van der Waals surface area contributed by atoms with E-state index in [1.165, 1.54) is 18.2 Å². The van der Waals surface area contributed by atoms with E-state index in [9.17, 15) is 16.8 Å². The van der Waals surface area contributed by atoms with Crippen LogP contribution in [0.1, 0.15) is 10.9 Å². The predicted molar refractivity (Wildman–Crippen MR) is 75.8 cm³/mol. The fraction of sp³-hybridized carbons (Fsp3) is 0.250. The van der Waals surface area contributed by atoms with Crippen LogP contribution < -0.4 is 15.7 Å². The molecule has 12 heteroatoms. The van der Waals surface area contributed by atoms with E-state index >= 15 is 0 Å². The molecule has 1 unspecified atom stereocenters. The zero-order valence-corrected chi connectivity index (χ0v) is 13.1. The first-order valence-electron chi connectivity index (χ1n) is 4.97. The van der Waals surface area contributed by atoms with Crippen molar-refractivity contribution in [2.24, 2.45) is 10.9 Å². The van der Waals surface area contributed by atoms with Crippen molar-refractivity contribution in [3.63, 3.8) is 0 Å². The zero-order valence-electron chi connectivity index (χ0n) is 9.85. The molecule has 1 aromatic carbocycles. The molecular weight excluding hydrogens is 351 g/mol.